The van der Waals surface area contributed by atoms with Crippen LogP contribution in [-0.2, 0) is 28.6 Å². The smallest absolute Gasteiger partial charge is 0.264 e. The molecule has 0 aliphatic carbocycles. The van der Waals surface area contributed by atoms with Crippen LogP contribution in [-0.4, -0.2) is 152 Å². The fourth-order valence-corrected chi connectivity index (χ4v) is 8.51. The Morgan fingerprint density at radius 3 is 1.96 bits per heavy atom. The number of ether oxygens (including phenoxy) is 4. The number of phenols is 2. The lowest BCUT2D eigenvalue weighted by molar-refractivity contribution is -0.136. The molecular formula is C50H56ClN5O11. The molecule has 17 heteroatoms. The molecule has 7 rings (SSSR count). The number of alkyl halides is 1. The summed E-state index contributed by atoms with van der Waals surface area (Å²) < 4.78 is 23.0. The molecule has 16 nitrogen and oxygen atoms in total. The topological polar surface area (TPSA) is 197 Å². The number of piperazine rings is 1. The second kappa shape index (κ2) is 23.9. The van der Waals surface area contributed by atoms with Gasteiger partial charge in [0.1, 0.15) is 29.9 Å². The average molecular weight is 938 g/mol. The lowest BCUT2D eigenvalue weighted by Crippen LogP contribution is -2.54. The third kappa shape index (κ3) is 12.8. The summed E-state index contributed by atoms with van der Waals surface area (Å²) in [6.07, 6.45) is 1.03. The van der Waals surface area contributed by atoms with Crippen molar-refractivity contribution in [3.8, 4) is 17.2 Å². The van der Waals surface area contributed by atoms with E-state index in [0.717, 1.165) is 58.1 Å². The van der Waals surface area contributed by atoms with E-state index >= 15 is 0 Å². The summed E-state index contributed by atoms with van der Waals surface area (Å²) in [5, 5.41) is 25.2. The van der Waals surface area contributed by atoms with E-state index < -0.39 is 29.7 Å². The minimum Gasteiger partial charge on any atom is -0.508 e. The highest BCUT2D eigenvalue weighted by Gasteiger charge is 2.45. The lowest BCUT2D eigenvalue weighted by atomic mass is 9.88. The molecule has 0 aromatic heterocycles. The van der Waals surface area contributed by atoms with Crippen molar-refractivity contribution in [2.24, 2.45) is 0 Å². The van der Waals surface area contributed by atoms with Crippen LogP contribution in [0.2, 0.25) is 0 Å². The molecule has 0 radical (unpaired) electrons. The first-order valence-electron chi connectivity index (χ1n) is 22.5. The number of aromatic hydroxyl groups is 2. The molecule has 4 aromatic carbocycles. The van der Waals surface area contributed by atoms with Gasteiger partial charge in [-0.1, -0.05) is 42.5 Å². The molecule has 1 unspecified atom stereocenters. The number of benzene rings is 4. The molecule has 4 N–H and O–H groups in total. The molecule has 1 atom stereocenters. The Kier molecular flexibility index (Phi) is 17.4. The van der Waals surface area contributed by atoms with E-state index in [1.54, 1.807) is 42.5 Å². The fraction of sp³-hybridized carbons (Fsp3) is 0.380. The fourth-order valence-electron chi connectivity index (χ4n) is 8.32. The molecule has 3 aliphatic heterocycles. The number of nitrogens with zero attached hydrogens (tertiary/aromatic N) is 3. The minimum atomic E-state index is -1.03. The Morgan fingerprint density at radius 2 is 1.31 bits per heavy atom. The van der Waals surface area contributed by atoms with Gasteiger partial charge in [-0.15, -0.1) is 11.6 Å². The van der Waals surface area contributed by atoms with Crippen molar-refractivity contribution in [1.29, 1.82) is 0 Å². The van der Waals surface area contributed by atoms with Crippen LogP contribution >= 0.6 is 11.6 Å². The number of halogens is 1. The Labute approximate surface area is 394 Å². The predicted octanol–water partition coefficient (Wildman–Crippen LogP) is 5.16. The number of fused-ring (bicyclic) bond motifs is 1. The van der Waals surface area contributed by atoms with Gasteiger partial charge in [-0.05, 0) is 89.2 Å². The number of nitrogens with one attached hydrogen (secondary N) is 2. The van der Waals surface area contributed by atoms with Gasteiger partial charge in [-0.25, -0.2) is 0 Å². The van der Waals surface area contributed by atoms with Crippen LogP contribution in [0, 0.1) is 0 Å². The number of carbonyl (C=O) groups excluding carboxylic acids is 5. The van der Waals surface area contributed by atoms with Crippen LogP contribution < -0.4 is 15.4 Å². The van der Waals surface area contributed by atoms with Crippen LogP contribution in [0.3, 0.4) is 0 Å². The maximum atomic E-state index is 13.2. The molecule has 354 valence electrons. The zero-order chi connectivity index (χ0) is 47.1. The van der Waals surface area contributed by atoms with Crippen molar-refractivity contribution in [1.82, 2.24) is 20.0 Å². The maximum Gasteiger partial charge on any atom is 0.264 e. The molecule has 5 amide bonds. The van der Waals surface area contributed by atoms with E-state index in [4.69, 9.17) is 30.5 Å². The summed E-state index contributed by atoms with van der Waals surface area (Å²) in [4.78, 5) is 68.2. The monoisotopic (exact) mass is 937 g/mol. The molecule has 2 saturated heterocycles. The largest absolute Gasteiger partial charge is 0.508 e. The van der Waals surface area contributed by atoms with Gasteiger partial charge in [-0.3, -0.25) is 39.1 Å². The Morgan fingerprint density at radius 1 is 0.701 bits per heavy atom. The Hall–Kier alpha value is -6.30. The zero-order valence-electron chi connectivity index (χ0n) is 37.3. The van der Waals surface area contributed by atoms with Crippen molar-refractivity contribution >= 4 is 58.0 Å². The third-order valence-corrected chi connectivity index (χ3v) is 12.0. The predicted molar refractivity (Wildman–Crippen MR) is 251 cm³/mol. The highest BCUT2D eigenvalue weighted by Crippen LogP contribution is 2.37. The summed E-state index contributed by atoms with van der Waals surface area (Å²) in [7, 11) is 0. The quantitative estimate of drug-likeness (QED) is 0.0330. The van der Waals surface area contributed by atoms with E-state index in [-0.39, 0.29) is 41.4 Å². The number of hydrogen-bond donors (Lipinski definition) is 4. The number of rotatable bonds is 23. The maximum absolute atomic E-state index is 13.2. The molecule has 67 heavy (non-hydrogen) atoms. The number of piperidine rings is 1. The minimum absolute atomic E-state index is 0.0534. The summed E-state index contributed by atoms with van der Waals surface area (Å²) >= 11 is 6.29. The summed E-state index contributed by atoms with van der Waals surface area (Å²) in [5.41, 5.74) is 5.71. The van der Waals surface area contributed by atoms with Crippen LogP contribution in [0.15, 0.2) is 91.0 Å². The van der Waals surface area contributed by atoms with E-state index in [1.165, 1.54) is 0 Å². The number of amides is 5. The first-order valence-corrected chi connectivity index (χ1v) is 23.1. The lowest BCUT2D eigenvalue weighted by Gasteiger charge is -2.34. The number of hydrogen-bond acceptors (Lipinski definition) is 13. The van der Waals surface area contributed by atoms with Gasteiger partial charge >= 0.3 is 0 Å². The number of anilines is 1. The average Bonchev–Trinajstić information content (AvgIpc) is 3.59. The summed E-state index contributed by atoms with van der Waals surface area (Å²) in [6.45, 7) is 6.36. The van der Waals surface area contributed by atoms with Gasteiger partial charge < -0.3 is 39.4 Å². The van der Waals surface area contributed by atoms with E-state index in [0.29, 0.717) is 90.3 Å². The Balaban J connectivity index is 0.735. The molecule has 0 saturated carbocycles. The molecule has 3 heterocycles. The van der Waals surface area contributed by atoms with Crippen molar-refractivity contribution in [2.75, 3.05) is 96.7 Å². The third-order valence-electron chi connectivity index (χ3n) is 11.8. The summed E-state index contributed by atoms with van der Waals surface area (Å²) in [5.74, 6) is -0.639. The summed E-state index contributed by atoms with van der Waals surface area (Å²) in [6, 6.07) is 26.0. The highest BCUT2D eigenvalue weighted by molar-refractivity contribution is 6.25. The first kappa shape index (κ1) is 48.6. The number of phenolic OH excluding ortho intramolecular Hbond substituents is 2. The SMILES string of the molecule is O=C1CCC(N2C(=O)c3cccc(NCCOCCOCCOCCC(=O)N4CCN(CCOc5ccc(C(=C(CCCl)c6ccc(O)cc6)c6ccc(O)cc6)cc5)CC4)c3C2=O)C(=O)N1. The molecule has 4 aromatic rings. The number of imide groups is 2. The molecule has 2 fully saturated rings. The van der Waals surface area contributed by atoms with Crippen molar-refractivity contribution < 1.29 is 53.1 Å². The van der Waals surface area contributed by atoms with Gasteiger partial charge in [0.05, 0.1) is 57.2 Å². The Bertz CT molecular complexity index is 2390. The van der Waals surface area contributed by atoms with Gasteiger partial charge in [0.2, 0.25) is 17.7 Å². The molecule has 0 bridgehead atoms. The zero-order valence-corrected chi connectivity index (χ0v) is 38.0. The second-order valence-corrected chi connectivity index (χ2v) is 16.5. The first-order chi connectivity index (χ1) is 32.6. The van der Waals surface area contributed by atoms with Crippen molar-refractivity contribution in [2.45, 2.75) is 31.7 Å². The van der Waals surface area contributed by atoms with Gasteiger partial charge in [0, 0.05) is 57.3 Å². The van der Waals surface area contributed by atoms with E-state index in [1.807, 2.05) is 53.4 Å². The van der Waals surface area contributed by atoms with Crippen LogP contribution in [0.25, 0.3) is 11.1 Å². The highest BCUT2D eigenvalue weighted by atomic mass is 35.5. The van der Waals surface area contributed by atoms with Crippen LogP contribution in [0.5, 0.6) is 17.2 Å². The standard InChI is InChI=1S/C50H56ClN5O11/c51-20-18-40(34-4-10-37(57)11-5-34)46(35-6-12-38(58)13-7-35)36-8-14-39(15-9-36)67-29-26-54-22-24-55(25-23-54)45(60)19-27-64-30-32-66-33-31-65-28-21-52-42-3-1-2-41-47(42)50(63)56(49(41)62)43-16-17-44(59)53-48(43)61/h1-15,43,52,57-58H,16-33H2,(H,53,59,61). The van der Waals surface area contributed by atoms with Crippen LogP contribution in [0.4, 0.5) is 5.69 Å². The van der Waals surface area contributed by atoms with E-state index in [9.17, 15) is 34.2 Å². The van der Waals surface area contributed by atoms with Crippen molar-refractivity contribution in [3.63, 3.8) is 0 Å². The van der Waals surface area contributed by atoms with Crippen LogP contribution in [0.1, 0.15) is 63.1 Å². The normalized spacial score (nSPS) is 16.8. The van der Waals surface area contributed by atoms with Gasteiger partial charge in [0.25, 0.3) is 11.8 Å². The molecular weight excluding hydrogens is 882 g/mol. The van der Waals surface area contributed by atoms with E-state index in [2.05, 4.69) is 15.5 Å². The number of allylic oxidation sites excluding steroid dienone is 1. The molecule has 0 spiro atoms. The van der Waals surface area contributed by atoms with Gasteiger partial charge in [-0.2, -0.15) is 0 Å². The molecule has 3 aliphatic rings. The number of carbonyl (C=O) groups is 5. The van der Waals surface area contributed by atoms with Gasteiger partial charge in [0.15, 0.2) is 0 Å². The second-order valence-electron chi connectivity index (χ2n) is 16.2. The van der Waals surface area contributed by atoms with Crippen molar-refractivity contribution in [3.05, 3.63) is 119 Å².